The van der Waals surface area contributed by atoms with Crippen LogP contribution in [0.3, 0.4) is 0 Å². The van der Waals surface area contributed by atoms with Crippen LogP contribution in [0.5, 0.6) is 0 Å². The highest BCUT2D eigenvalue weighted by molar-refractivity contribution is 5.76. The molecule has 0 N–H and O–H groups in total. The summed E-state index contributed by atoms with van der Waals surface area (Å²) in [5.41, 5.74) is 0. The minimum absolute atomic E-state index is 0.0112. The molecule has 0 fully saturated rings. The van der Waals surface area contributed by atoms with Crippen molar-refractivity contribution < 1.29 is 9.63 Å². The molecule has 0 spiro atoms. The Morgan fingerprint density at radius 3 is 2.75 bits per heavy atom. The molecular formula is C4H8N2O2. The molecule has 0 heterocycles. The van der Waals surface area contributed by atoms with Gasteiger partial charge in [-0.1, -0.05) is 0 Å². The predicted molar refractivity (Wildman–Crippen MR) is 27.4 cm³/mol. The van der Waals surface area contributed by atoms with Gasteiger partial charge in [-0.2, -0.15) is 5.11 Å². The number of nitrogens with zero attached hydrogens (tertiary/aromatic N) is 2. The van der Waals surface area contributed by atoms with Gasteiger partial charge in [0.2, 0.25) is 0 Å². The number of hydrogen-bond acceptors (Lipinski definition) is 4. The van der Waals surface area contributed by atoms with Crippen molar-refractivity contribution in [2.45, 2.75) is 6.92 Å². The lowest BCUT2D eigenvalue weighted by Gasteiger charge is -1.87. The Labute approximate surface area is 47.5 Å². The first kappa shape index (κ1) is 7.07. The quantitative estimate of drug-likeness (QED) is 0.400. The van der Waals surface area contributed by atoms with Crippen molar-refractivity contribution in [2.24, 2.45) is 10.4 Å². The Kier molecular flexibility index (Phi) is 3.74. The zero-order valence-corrected chi connectivity index (χ0v) is 4.92. The van der Waals surface area contributed by atoms with Crippen LogP contribution in [0.25, 0.3) is 0 Å². The van der Waals surface area contributed by atoms with Gasteiger partial charge in [-0.05, 0) is 6.92 Å². The summed E-state index contributed by atoms with van der Waals surface area (Å²) in [6.07, 6.45) is 0. The van der Waals surface area contributed by atoms with E-state index in [0.717, 1.165) is 0 Å². The molecule has 0 rings (SSSR count). The normalized spacial score (nSPS) is 9.75. The Morgan fingerprint density at radius 2 is 2.38 bits per heavy atom. The maximum atomic E-state index is 10.1. The first-order valence-corrected chi connectivity index (χ1v) is 2.18. The molecule has 0 aromatic heterocycles. The summed E-state index contributed by atoms with van der Waals surface area (Å²) < 4.78 is 0. The van der Waals surface area contributed by atoms with E-state index in [1.807, 2.05) is 0 Å². The van der Waals surface area contributed by atoms with E-state index in [4.69, 9.17) is 0 Å². The molecule has 0 aromatic carbocycles. The summed E-state index contributed by atoms with van der Waals surface area (Å²) in [5.74, 6) is -0.0580. The zero-order valence-electron chi connectivity index (χ0n) is 4.92. The van der Waals surface area contributed by atoms with Crippen molar-refractivity contribution in [3.63, 3.8) is 0 Å². The molecule has 4 heteroatoms. The second-order valence-electron chi connectivity index (χ2n) is 1.26. The fraction of sp³-hybridized carbons (Fsp3) is 0.750. The van der Waals surface area contributed by atoms with Crippen molar-refractivity contribution in [1.29, 1.82) is 0 Å². The molecule has 4 nitrogen and oxygen atoms in total. The van der Waals surface area contributed by atoms with Crippen LogP contribution in [0.4, 0.5) is 0 Å². The molecular weight excluding hydrogens is 108 g/mol. The van der Waals surface area contributed by atoms with Crippen molar-refractivity contribution in [1.82, 2.24) is 0 Å². The van der Waals surface area contributed by atoms with E-state index in [9.17, 15) is 4.79 Å². The standard InChI is InChI=1S/C4H8N2O2/c1-4(7)3-8-6-5-2/h3H2,1-2H3. The van der Waals surface area contributed by atoms with Gasteiger partial charge >= 0.3 is 0 Å². The van der Waals surface area contributed by atoms with Crippen molar-refractivity contribution in [3.05, 3.63) is 0 Å². The largest absolute Gasteiger partial charge is 0.372 e. The molecule has 0 unspecified atom stereocenters. The lowest BCUT2D eigenvalue weighted by atomic mass is 10.5. The number of carbonyl (C=O) groups excluding carboxylic acids is 1. The lowest BCUT2D eigenvalue weighted by Crippen LogP contribution is -1.98. The number of carbonyl (C=O) groups is 1. The maximum Gasteiger partial charge on any atom is 0.176 e. The van der Waals surface area contributed by atoms with Gasteiger partial charge in [0.25, 0.3) is 0 Å². The summed E-state index contributed by atoms with van der Waals surface area (Å²) in [4.78, 5) is 14.4. The molecule has 0 bridgehead atoms. The van der Waals surface area contributed by atoms with E-state index in [2.05, 4.69) is 15.2 Å². The third-order valence-corrected chi connectivity index (χ3v) is 0.407. The zero-order chi connectivity index (χ0) is 6.41. The summed E-state index contributed by atoms with van der Waals surface area (Å²) in [5, 5.41) is 6.37. The first-order chi connectivity index (χ1) is 3.77. The summed E-state index contributed by atoms with van der Waals surface area (Å²) in [6.45, 7) is 1.43. The topological polar surface area (TPSA) is 51.0 Å². The number of Topliss-reactive ketones (excluding diaryl/α,β-unsaturated/α-hetero) is 1. The molecule has 8 heavy (non-hydrogen) atoms. The highest BCUT2D eigenvalue weighted by Crippen LogP contribution is 1.76. The second kappa shape index (κ2) is 4.23. The third-order valence-electron chi connectivity index (χ3n) is 0.407. The van der Waals surface area contributed by atoms with Gasteiger partial charge in [0.1, 0.15) is 0 Å². The summed E-state index contributed by atoms with van der Waals surface area (Å²) in [6, 6.07) is 0. The Hall–Kier alpha value is -0.930. The van der Waals surface area contributed by atoms with Crippen LogP contribution in [-0.4, -0.2) is 19.4 Å². The molecule has 0 aliphatic carbocycles. The van der Waals surface area contributed by atoms with Crippen molar-refractivity contribution in [2.75, 3.05) is 13.7 Å². The molecule has 0 aliphatic rings. The van der Waals surface area contributed by atoms with E-state index < -0.39 is 0 Å². The Morgan fingerprint density at radius 1 is 1.75 bits per heavy atom. The average molecular weight is 116 g/mol. The summed E-state index contributed by atoms with van der Waals surface area (Å²) >= 11 is 0. The molecule has 0 amide bonds. The van der Waals surface area contributed by atoms with Gasteiger partial charge < -0.3 is 4.84 Å². The van der Waals surface area contributed by atoms with Crippen LogP contribution in [0, 0.1) is 0 Å². The molecule has 0 aromatic rings. The summed E-state index contributed by atoms with van der Waals surface area (Å²) in [7, 11) is 1.47. The highest BCUT2D eigenvalue weighted by atomic mass is 16.6. The van der Waals surface area contributed by atoms with Crippen LogP contribution in [-0.2, 0) is 9.63 Å². The first-order valence-electron chi connectivity index (χ1n) is 2.18. The van der Waals surface area contributed by atoms with Crippen LogP contribution in [0.1, 0.15) is 6.92 Å². The third kappa shape index (κ3) is 5.07. The van der Waals surface area contributed by atoms with Gasteiger partial charge in [-0.25, -0.2) is 0 Å². The van der Waals surface area contributed by atoms with E-state index in [0.29, 0.717) is 0 Å². The van der Waals surface area contributed by atoms with Gasteiger partial charge in [0.05, 0.1) is 7.05 Å². The van der Waals surface area contributed by atoms with Crippen LogP contribution < -0.4 is 0 Å². The van der Waals surface area contributed by atoms with Crippen LogP contribution in [0.15, 0.2) is 10.4 Å². The lowest BCUT2D eigenvalue weighted by molar-refractivity contribution is -0.121. The van der Waals surface area contributed by atoms with Crippen molar-refractivity contribution in [3.8, 4) is 0 Å². The Balaban J connectivity index is 3.05. The molecule has 0 radical (unpaired) electrons. The predicted octanol–water partition coefficient (Wildman–Crippen LogP) is 0.589. The number of ketones is 1. The van der Waals surface area contributed by atoms with E-state index >= 15 is 0 Å². The SMILES string of the molecule is CN=NOCC(C)=O. The van der Waals surface area contributed by atoms with Crippen molar-refractivity contribution >= 4 is 5.78 Å². The molecule has 0 saturated heterocycles. The van der Waals surface area contributed by atoms with Gasteiger partial charge in [0.15, 0.2) is 12.4 Å². The number of hydrogen-bond donors (Lipinski definition) is 0. The minimum atomic E-state index is -0.0580. The molecule has 0 saturated carbocycles. The van der Waals surface area contributed by atoms with Gasteiger partial charge in [-0.15, -0.1) is 0 Å². The molecule has 46 valence electrons. The smallest absolute Gasteiger partial charge is 0.176 e. The van der Waals surface area contributed by atoms with E-state index in [1.165, 1.54) is 14.0 Å². The monoisotopic (exact) mass is 116 g/mol. The van der Waals surface area contributed by atoms with Gasteiger partial charge in [-0.3, -0.25) is 4.79 Å². The van der Waals surface area contributed by atoms with Gasteiger partial charge in [0, 0.05) is 5.28 Å². The fourth-order valence-corrected chi connectivity index (χ4v) is 0.178. The van der Waals surface area contributed by atoms with E-state index in [1.54, 1.807) is 0 Å². The van der Waals surface area contributed by atoms with Crippen LogP contribution in [0.2, 0.25) is 0 Å². The maximum absolute atomic E-state index is 10.1. The Bertz CT molecular complexity index is 100. The van der Waals surface area contributed by atoms with Crippen LogP contribution >= 0.6 is 0 Å². The highest BCUT2D eigenvalue weighted by Gasteiger charge is 1.88. The molecule has 0 aliphatic heterocycles. The fourth-order valence-electron chi connectivity index (χ4n) is 0.178. The minimum Gasteiger partial charge on any atom is -0.372 e. The second-order valence-corrected chi connectivity index (χ2v) is 1.26. The number of rotatable bonds is 3. The average Bonchev–Trinajstić information content (AvgIpc) is 1.66. The molecule has 0 atom stereocenters. The van der Waals surface area contributed by atoms with E-state index in [-0.39, 0.29) is 12.4 Å².